The molecule has 4 nitrogen and oxygen atoms in total. The molecule has 0 radical (unpaired) electrons. The van der Waals surface area contributed by atoms with Gasteiger partial charge >= 0.3 is 0 Å². The van der Waals surface area contributed by atoms with Crippen LogP contribution < -0.4 is 15.8 Å². The number of nitrogens with one attached hydrogen (secondary N) is 1. The summed E-state index contributed by atoms with van der Waals surface area (Å²) in [6.45, 7) is 5.04. The lowest BCUT2D eigenvalue weighted by Crippen LogP contribution is -2.44. The van der Waals surface area contributed by atoms with Crippen molar-refractivity contribution in [1.29, 1.82) is 0 Å². The highest BCUT2D eigenvalue weighted by Gasteiger charge is 2.18. The van der Waals surface area contributed by atoms with Gasteiger partial charge in [-0.3, -0.25) is 4.79 Å². The Kier molecular flexibility index (Phi) is 9.03. The molecule has 0 saturated carbocycles. The van der Waals surface area contributed by atoms with Crippen LogP contribution in [0, 0.1) is 5.92 Å². The summed E-state index contributed by atoms with van der Waals surface area (Å²) in [7, 11) is 0. The van der Waals surface area contributed by atoms with Crippen LogP contribution in [0.3, 0.4) is 0 Å². The Labute approximate surface area is 156 Å². The van der Waals surface area contributed by atoms with E-state index in [9.17, 15) is 4.79 Å². The molecule has 0 aliphatic rings. The zero-order valence-corrected chi connectivity index (χ0v) is 15.6. The van der Waals surface area contributed by atoms with Crippen molar-refractivity contribution in [1.82, 2.24) is 5.32 Å². The first-order valence-corrected chi connectivity index (χ1v) is 8.39. The summed E-state index contributed by atoms with van der Waals surface area (Å²) in [6.07, 6.45) is 0.891. The third-order valence-electron chi connectivity index (χ3n) is 4.20. The van der Waals surface area contributed by atoms with Crippen LogP contribution in [0.4, 0.5) is 0 Å². The minimum atomic E-state index is -0.455. The van der Waals surface area contributed by atoms with Crippen LogP contribution >= 0.6 is 12.4 Å². The summed E-state index contributed by atoms with van der Waals surface area (Å²) >= 11 is 0. The van der Waals surface area contributed by atoms with Gasteiger partial charge in [0.05, 0.1) is 6.04 Å². The summed E-state index contributed by atoms with van der Waals surface area (Å²) < 4.78 is 5.75. The molecule has 0 spiro atoms. The number of hydrogen-bond donors (Lipinski definition) is 2. The fourth-order valence-corrected chi connectivity index (χ4v) is 2.26. The minimum absolute atomic E-state index is 0. The summed E-state index contributed by atoms with van der Waals surface area (Å²) in [5.41, 5.74) is 8.07. The van der Waals surface area contributed by atoms with Gasteiger partial charge in [0, 0.05) is 6.54 Å². The Morgan fingerprint density at radius 2 is 1.72 bits per heavy atom. The van der Waals surface area contributed by atoms with E-state index in [2.05, 4.69) is 5.32 Å². The summed E-state index contributed by atoms with van der Waals surface area (Å²) in [4.78, 5) is 12.0. The van der Waals surface area contributed by atoms with Crippen LogP contribution in [0.15, 0.2) is 54.6 Å². The van der Waals surface area contributed by atoms with E-state index in [0.717, 1.165) is 23.3 Å². The largest absolute Gasteiger partial charge is 0.489 e. The number of nitrogens with two attached hydrogens (primary N) is 1. The monoisotopic (exact) mass is 362 g/mol. The molecule has 25 heavy (non-hydrogen) atoms. The lowest BCUT2D eigenvalue weighted by molar-refractivity contribution is -0.123. The smallest absolute Gasteiger partial charge is 0.237 e. The van der Waals surface area contributed by atoms with Gasteiger partial charge in [0.1, 0.15) is 12.4 Å². The maximum atomic E-state index is 12.0. The Balaban J connectivity index is 0.00000312. The SMILES string of the molecule is CCC(C)C(N)C(=O)NCc1ccc(OCc2ccccc2)cc1.Cl. The highest BCUT2D eigenvalue weighted by atomic mass is 35.5. The average molecular weight is 363 g/mol. The molecule has 0 heterocycles. The first kappa shape index (κ1) is 21.0. The molecule has 136 valence electrons. The molecule has 2 unspecified atom stereocenters. The van der Waals surface area contributed by atoms with Gasteiger partial charge in [-0.2, -0.15) is 0 Å². The summed E-state index contributed by atoms with van der Waals surface area (Å²) in [6, 6.07) is 17.3. The summed E-state index contributed by atoms with van der Waals surface area (Å²) in [5, 5.41) is 2.89. The Morgan fingerprint density at radius 3 is 2.32 bits per heavy atom. The van der Waals surface area contributed by atoms with Gasteiger partial charge in [0.2, 0.25) is 5.91 Å². The molecule has 1 amide bonds. The number of benzene rings is 2. The zero-order valence-electron chi connectivity index (χ0n) is 14.8. The van der Waals surface area contributed by atoms with E-state index in [1.54, 1.807) is 0 Å². The molecule has 2 aromatic rings. The zero-order chi connectivity index (χ0) is 17.4. The molecule has 5 heteroatoms. The van der Waals surface area contributed by atoms with Crippen molar-refractivity contribution in [2.24, 2.45) is 11.7 Å². The Bertz CT molecular complexity index is 632. The second-order valence-corrected chi connectivity index (χ2v) is 6.05. The molecule has 0 aliphatic heterocycles. The van der Waals surface area contributed by atoms with Crippen molar-refractivity contribution >= 4 is 18.3 Å². The molecule has 0 aliphatic carbocycles. The Hall–Kier alpha value is -2.04. The quantitative estimate of drug-likeness (QED) is 0.752. The fraction of sp³-hybridized carbons (Fsp3) is 0.350. The molecule has 0 saturated heterocycles. The lowest BCUT2D eigenvalue weighted by Gasteiger charge is -2.17. The van der Waals surface area contributed by atoms with Gasteiger partial charge in [-0.1, -0.05) is 62.7 Å². The van der Waals surface area contributed by atoms with Gasteiger partial charge in [0.25, 0.3) is 0 Å². The van der Waals surface area contributed by atoms with Gasteiger partial charge in [-0.05, 0) is 29.2 Å². The van der Waals surface area contributed by atoms with E-state index >= 15 is 0 Å². The highest BCUT2D eigenvalue weighted by molar-refractivity contribution is 5.85. The second-order valence-electron chi connectivity index (χ2n) is 6.05. The fourth-order valence-electron chi connectivity index (χ4n) is 2.26. The third-order valence-corrected chi connectivity index (χ3v) is 4.20. The number of carbonyl (C=O) groups excluding carboxylic acids is 1. The van der Waals surface area contributed by atoms with E-state index in [1.165, 1.54) is 0 Å². The number of amides is 1. The predicted octanol–water partition coefficient (Wildman–Crippen LogP) is 3.68. The molecule has 2 aromatic carbocycles. The van der Waals surface area contributed by atoms with E-state index in [0.29, 0.717) is 13.2 Å². The van der Waals surface area contributed by atoms with E-state index < -0.39 is 6.04 Å². The topological polar surface area (TPSA) is 64.4 Å². The molecule has 3 N–H and O–H groups in total. The van der Waals surface area contributed by atoms with Gasteiger partial charge in [-0.25, -0.2) is 0 Å². The van der Waals surface area contributed by atoms with Crippen LogP contribution in [0.5, 0.6) is 5.75 Å². The number of rotatable bonds is 8. The third kappa shape index (κ3) is 6.77. The molecule has 2 rings (SSSR count). The maximum Gasteiger partial charge on any atom is 0.237 e. The number of halogens is 1. The van der Waals surface area contributed by atoms with Crippen molar-refractivity contribution in [3.05, 3.63) is 65.7 Å². The van der Waals surface area contributed by atoms with Crippen molar-refractivity contribution < 1.29 is 9.53 Å². The molecular formula is C20H27ClN2O2. The van der Waals surface area contributed by atoms with Crippen molar-refractivity contribution in [3.63, 3.8) is 0 Å². The highest BCUT2D eigenvalue weighted by Crippen LogP contribution is 2.14. The first-order chi connectivity index (χ1) is 11.6. The molecule has 0 fully saturated rings. The molecular weight excluding hydrogens is 336 g/mol. The number of hydrogen-bond acceptors (Lipinski definition) is 3. The van der Waals surface area contributed by atoms with E-state index in [4.69, 9.17) is 10.5 Å². The van der Waals surface area contributed by atoms with E-state index in [-0.39, 0.29) is 24.2 Å². The van der Waals surface area contributed by atoms with Crippen LogP contribution in [-0.2, 0) is 17.9 Å². The maximum absolute atomic E-state index is 12.0. The summed E-state index contributed by atoms with van der Waals surface area (Å²) in [5.74, 6) is 0.887. The second kappa shape index (κ2) is 10.7. The van der Waals surface area contributed by atoms with Crippen LogP contribution in [-0.4, -0.2) is 11.9 Å². The normalized spacial score (nSPS) is 12.6. The first-order valence-electron chi connectivity index (χ1n) is 8.39. The molecule has 0 bridgehead atoms. The van der Waals surface area contributed by atoms with Crippen molar-refractivity contribution in [2.75, 3.05) is 0 Å². The van der Waals surface area contributed by atoms with Gasteiger partial charge in [-0.15, -0.1) is 12.4 Å². The predicted molar refractivity (Wildman–Crippen MR) is 104 cm³/mol. The Morgan fingerprint density at radius 1 is 1.08 bits per heavy atom. The van der Waals surface area contributed by atoms with Gasteiger partial charge in [0.15, 0.2) is 0 Å². The van der Waals surface area contributed by atoms with Crippen LogP contribution in [0.25, 0.3) is 0 Å². The number of carbonyl (C=O) groups is 1. The number of ether oxygens (including phenoxy) is 1. The average Bonchev–Trinajstić information content (AvgIpc) is 2.64. The molecule has 0 aromatic heterocycles. The van der Waals surface area contributed by atoms with Gasteiger partial charge < -0.3 is 15.8 Å². The standard InChI is InChI=1S/C20H26N2O2.ClH/c1-3-15(2)19(21)20(23)22-13-16-9-11-18(12-10-16)24-14-17-7-5-4-6-8-17;/h4-12,15,19H,3,13-14,21H2,1-2H3,(H,22,23);1H. The van der Waals surface area contributed by atoms with Crippen molar-refractivity contribution in [2.45, 2.75) is 39.5 Å². The lowest BCUT2D eigenvalue weighted by atomic mass is 9.99. The minimum Gasteiger partial charge on any atom is -0.489 e. The molecule has 2 atom stereocenters. The van der Waals surface area contributed by atoms with E-state index in [1.807, 2.05) is 68.4 Å². The van der Waals surface area contributed by atoms with Crippen molar-refractivity contribution in [3.8, 4) is 5.75 Å². The van der Waals surface area contributed by atoms with Crippen LogP contribution in [0.2, 0.25) is 0 Å². The van der Waals surface area contributed by atoms with Crippen LogP contribution in [0.1, 0.15) is 31.4 Å².